The molecular formula is C17H22N2O6. The first kappa shape index (κ1) is 20.1. The van der Waals surface area contributed by atoms with Crippen molar-refractivity contribution in [3.05, 3.63) is 29.8 Å². The van der Waals surface area contributed by atoms with Crippen LogP contribution in [-0.2, 0) is 19.1 Å². The van der Waals surface area contributed by atoms with Gasteiger partial charge in [-0.2, -0.15) is 0 Å². The van der Waals surface area contributed by atoms with Crippen LogP contribution in [-0.4, -0.2) is 41.5 Å². The summed E-state index contributed by atoms with van der Waals surface area (Å²) in [4.78, 5) is 46.7. The number of hydrogen-bond donors (Lipinski definition) is 3. The van der Waals surface area contributed by atoms with Gasteiger partial charge in [-0.25, -0.2) is 4.79 Å². The molecule has 8 nitrogen and oxygen atoms in total. The first-order valence-corrected chi connectivity index (χ1v) is 7.82. The number of hydrogen-bond acceptors (Lipinski definition) is 5. The molecule has 0 fully saturated rings. The lowest BCUT2D eigenvalue weighted by Gasteiger charge is -2.21. The Morgan fingerprint density at radius 1 is 1.20 bits per heavy atom. The highest BCUT2D eigenvalue weighted by Crippen LogP contribution is 2.17. The molecule has 1 rings (SSSR count). The normalized spacial score (nSPS) is 12.6. The van der Waals surface area contributed by atoms with Gasteiger partial charge in [-0.05, 0) is 25.0 Å². The van der Waals surface area contributed by atoms with Gasteiger partial charge in [0, 0.05) is 6.92 Å². The van der Waals surface area contributed by atoms with Gasteiger partial charge in [-0.3, -0.25) is 14.4 Å². The fourth-order valence-electron chi connectivity index (χ4n) is 2.25. The summed E-state index contributed by atoms with van der Waals surface area (Å²) in [5.41, 5.74) is 0.405. The van der Waals surface area contributed by atoms with E-state index in [1.54, 1.807) is 19.1 Å². The Kier molecular flexibility index (Phi) is 7.58. The van der Waals surface area contributed by atoms with Crippen molar-refractivity contribution in [2.24, 2.45) is 5.92 Å². The van der Waals surface area contributed by atoms with E-state index >= 15 is 0 Å². The van der Waals surface area contributed by atoms with E-state index in [0.29, 0.717) is 0 Å². The molecule has 0 radical (unpaired) electrons. The van der Waals surface area contributed by atoms with E-state index in [0.717, 1.165) is 0 Å². The van der Waals surface area contributed by atoms with Crippen LogP contribution in [0.4, 0.5) is 5.69 Å². The summed E-state index contributed by atoms with van der Waals surface area (Å²) < 4.78 is 4.80. The lowest BCUT2D eigenvalue weighted by atomic mass is 9.97. The van der Waals surface area contributed by atoms with Crippen LogP contribution in [0.2, 0.25) is 0 Å². The highest BCUT2D eigenvalue weighted by molar-refractivity contribution is 6.04. The van der Waals surface area contributed by atoms with Crippen LogP contribution >= 0.6 is 0 Å². The molecule has 0 aromatic heterocycles. The molecule has 3 N–H and O–H groups in total. The molecule has 136 valence electrons. The van der Waals surface area contributed by atoms with Crippen LogP contribution in [0.1, 0.15) is 37.6 Å². The lowest BCUT2D eigenvalue weighted by Crippen LogP contribution is -2.46. The van der Waals surface area contributed by atoms with Crippen molar-refractivity contribution < 1.29 is 29.0 Å². The number of carbonyl (C=O) groups is 4. The van der Waals surface area contributed by atoms with Crippen LogP contribution in [0, 0.1) is 5.92 Å². The summed E-state index contributed by atoms with van der Waals surface area (Å²) in [5.74, 6) is -3.48. The Balaban J connectivity index is 2.92. The molecule has 0 bridgehead atoms. The molecule has 0 heterocycles. The van der Waals surface area contributed by atoms with E-state index in [9.17, 15) is 24.3 Å². The fraction of sp³-hybridized carbons (Fsp3) is 0.412. The number of carboxylic acid groups (broad SMARTS) is 1. The third-order valence-electron chi connectivity index (χ3n) is 3.40. The quantitative estimate of drug-likeness (QED) is 0.610. The lowest BCUT2D eigenvalue weighted by molar-refractivity contribution is -0.146. The Bertz CT molecular complexity index is 658. The van der Waals surface area contributed by atoms with Crippen LogP contribution < -0.4 is 10.6 Å². The number of carboxylic acids is 1. The number of amides is 2. The van der Waals surface area contributed by atoms with Crippen LogP contribution in [0.25, 0.3) is 0 Å². The average molecular weight is 350 g/mol. The van der Waals surface area contributed by atoms with Gasteiger partial charge in [0.1, 0.15) is 6.04 Å². The largest absolute Gasteiger partial charge is 0.480 e. The average Bonchev–Trinajstić information content (AvgIpc) is 2.52. The van der Waals surface area contributed by atoms with Crippen molar-refractivity contribution in [2.45, 2.75) is 33.2 Å². The number of aliphatic carboxylic acids is 1. The zero-order valence-corrected chi connectivity index (χ0v) is 14.4. The summed E-state index contributed by atoms with van der Waals surface area (Å²) in [6.45, 7) is 4.68. The van der Waals surface area contributed by atoms with E-state index < -0.39 is 29.8 Å². The zero-order valence-electron chi connectivity index (χ0n) is 14.4. The van der Waals surface area contributed by atoms with Crippen LogP contribution in [0.15, 0.2) is 24.3 Å². The minimum Gasteiger partial charge on any atom is -0.480 e. The molecule has 0 aliphatic heterocycles. The van der Waals surface area contributed by atoms with Gasteiger partial charge in [0.2, 0.25) is 5.91 Å². The van der Waals surface area contributed by atoms with Crippen LogP contribution in [0.3, 0.4) is 0 Å². The molecule has 1 aromatic rings. The SMILES string of the molecule is CCOC(=O)C[C@@H](C)[C@H](NC(=O)c1ccccc1NC(C)=O)C(=O)O. The molecule has 2 amide bonds. The maximum atomic E-state index is 12.4. The second-order valence-corrected chi connectivity index (χ2v) is 5.50. The summed E-state index contributed by atoms with van der Waals surface area (Å²) in [5, 5.41) is 14.3. The summed E-state index contributed by atoms with van der Waals surface area (Å²) in [7, 11) is 0. The number of para-hydroxylation sites is 1. The Hall–Kier alpha value is -2.90. The third-order valence-corrected chi connectivity index (χ3v) is 3.40. The predicted octanol–water partition coefficient (Wildman–Crippen LogP) is 1.42. The zero-order chi connectivity index (χ0) is 19.0. The number of benzene rings is 1. The van der Waals surface area contributed by atoms with Crippen molar-refractivity contribution in [1.82, 2.24) is 5.32 Å². The standard InChI is InChI=1S/C17H22N2O6/c1-4-25-14(21)9-10(2)15(17(23)24)19-16(22)12-7-5-6-8-13(12)18-11(3)20/h5-8,10,15H,4,9H2,1-3H3,(H,18,20)(H,19,22)(H,23,24)/t10-,15+/m1/s1. The van der Waals surface area contributed by atoms with Gasteiger partial charge in [0.05, 0.1) is 24.3 Å². The van der Waals surface area contributed by atoms with E-state index in [2.05, 4.69) is 10.6 Å². The highest BCUT2D eigenvalue weighted by Gasteiger charge is 2.29. The minimum atomic E-state index is -1.28. The molecule has 0 saturated heterocycles. The van der Waals surface area contributed by atoms with Gasteiger partial charge >= 0.3 is 11.9 Å². The predicted molar refractivity (Wildman–Crippen MR) is 90.0 cm³/mol. The highest BCUT2D eigenvalue weighted by atomic mass is 16.5. The Labute approximate surface area is 145 Å². The van der Waals surface area contributed by atoms with Crippen molar-refractivity contribution in [3.8, 4) is 0 Å². The molecule has 0 unspecified atom stereocenters. The molecule has 0 spiro atoms. The second-order valence-electron chi connectivity index (χ2n) is 5.50. The van der Waals surface area contributed by atoms with Gasteiger partial charge in [0.25, 0.3) is 5.91 Å². The van der Waals surface area contributed by atoms with Crippen LogP contribution in [0.5, 0.6) is 0 Å². The Morgan fingerprint density at radius 3 is 2.40 bits per heavy atom. The number of anilines is 1. The number of carbonyl (C=O) groups excluding carboxylic acids is 3. The number of ether oxygens (including phenoxy) is 1. The summed E-state index contributed by atoms with van der Waals surface area (Å²) >= 11 is 0. The van der Waals surface area contributed by atoms with E-state index in [1.165, 1.54) is 26.0 Å². The van der Waals surface area contributed by atoms with Gasteiger partial charge in [0.15, 0.2) is 0 Å². The molecule has 0 aliphatic rings. The van der Waals surface area contributed by atoms with Crippen molar-refractivity contribution >= 4 is 29.4 Å². The number of esters is 1. The second kappa shape index (κ2) is 9.41. The van der Waals surface area contributed by atoms with E-state index in [1.807, 2.05) is 0 Å². The molecule has 1 aromatic carbocycles. The maximum absolute atomic E-state index is 12.4. The monoisotopic (exact) mass is 350 g/mol. The van der Waals surface area contributed by atoms with Gasteiger partial charge in [-0.15, -0.1) is 0 Å². The molecule has 0 saturated carbocycles. The number of nitrogens with one attached hydrogen (secondary N) is 2. The van der Waals surface area contributed by atoms with Crippen molar-refractivity contribution in [3.63, 3.8) is 0 Å². The summed E-state index contributed by atoms with van der Waals surface area (Å²) in [6.07, 6.45) is -0.140. The first-order chi connectivity index (χ1) is 11.8. The van der Waals surface area contributed by atoms with E-state index in [4.69, 9.17) is 4.74 Å². The third kappa shape index (κ3) is 6.25. The molecule has 2 atom stereocenters. The molecular weight excluding hydrogens is 328 g/mol. The van der Waals surface area contributed by atoms with Crippen molar-refractivity contribution in [2.75, 3.05) is 11.9 Å². The number of rotatable bonds is 8. The van der Waals surface area contributed by atoms with Gasteiger partial charge in [-0.1, -0.05) is 19.1 Å². The first-order valence-electron chi connectivity index (χ1n) is 7.82. The molecule has 0 aliphatic carbocycles. The minimum absolute atomic E-state index is 0.132. The Morgan fingerprint density at radius 2 is 1.84 bits per heavy atom. The molecule has 8 heteroatoms. The molecule has 25 heavy (non-hydrogen) atoms. The van der Waals surface area contributed by atoms with Crippen molar-refractivity contribution in [1.29, 1.82) is 0 Å². The summed E-state index contributed by atoms with van der Waals surface area (Å²) in [6, 6.07) is 4.96. The van der Waals surface area contributed by atoms with Gasteiger partial charge < -0.3 is 20.5 Å². The topological polar surface area (TPSA) is 122 Å². The smallest absolute Gasteiger partial charge is 0.326 e. The van der Waals surface area contributed by atoms with E-state index in [-0.39, 0.29) is 30.2 Å². The maximum Gasteiger partial charge on any atom is 0.326 e. The fourth-order valence-corrected chi connectivity index (χ4v) is 2.25.